The van der Waals surface area contributed by atoms with Crippen molar-refractivity contribution in [2.45, 2.75) is 50.6 Å². The van der Waals surface area contributed by atoms with Crippen LogP contribution in [0.1, 0.15) is 59.2 Å². The number of carbonyl (C=O) groups is 2. The Hall–Kier alpha value is -2.89. The summed E-state index contributed by atoms with van der Waals surface area (Å²) in [5, 5.41) is 3.20. The van der Waals surface area contributed by atoms with Crippen LogP contribution in [0.5, 0.6) is 5.75 Å². The number of nitrogens with zero attached hydrogens (tertiary/aromatic N) is 2. The van der Waals surface area contributed by atoms with Crippen LogP contribution in [0, 0.1) is 0 Å². The Morgan fingerprint density at radius 1 is 1.03 bits per heavy atom. The number of hydrogen-bond donors (Lipinski definition) is 1. The van der Waals surface area contributed by atoms with Crippen molar-refractivity contribution in [3.8, 4) is 5.75 Å². The fourth-order valence-electron chi connectivity index (χ4n) is 4.34. The summed E-state index contributed by atoms with van der Waals surface area (Å²) in [7, 11) is 0. The minimum absolute atomic E-state index is 0.000808. The molecule has 3 heterocycles. The molecule has 0 bridgehead atoms. The van der Waals surface area contributed by atoms with Crippen LogP contribution in [0.4, 0.5) is 0 Å². The van der Waals surface area contributed by atoms with Crippen LogP contribution in [0.25, 0.3) is 0 Å². The lowest BCUT2D eigenvalue weighted by molar-refractivity contribution is 0.0504. The van der Waals surface area contributed by atoms with Gasteiger partial charge in [0, 0.05) is 30.5 Å². The van der Waals surface area contributed by atoms with Crippen LogP contribution >= 0.6 is 0 Å². The van der Waals surface area contributed by atoms with Gasteiger partial charge >= 0.3 is 0 Å². The zero-order valence-electron chi connectivity index (χ0n) is 16.5. The van der Waals surface area contributed by atoms with Crippen molar-refractivity contribution in [2.24, 2.45) is 0 Å². The van der Waals surface area contributed by atoms with E-state index in [1.54, 1.807) is 30.6 Å². The van der Waals surface area contributed by atoms with Gasteiger partial charge in [-0.25, -0.2) is 0 Å². The average Bonchev–Trinajstić information content (AvgIpc) is 2.76. The first kappa shape index (κ1) is 19.4. The summed E-state index contributed by atoms with van der Waals surface area (Å²) in [5.41, 5.74) is 1.21. The third-order valence-electron chi connectivity index (χ3n) is 5.82. The molecule has 1 fully saturated rings. The molecule has 2 aliphatic heterocycles. The van der Waals surface area contributed by atoms with Gasteiger partial charge in [0.1, 0.15) is 5.75 Å². The number of piperidine rings is 1. The predicted molar refractivity (Wildman–Crippen MR) is 110 cm³/mol. The molecule has 0 spiro atoms. The van der Waals surface area contributed by atoms with Gasteiger partial charge < -0.3 is 15.0 Å². The summed E-state index contributed by atoms with van der Waals surface area (Å²) in [6.45, 7) is 1.32. The van der Waals surface area contributed by atoms with Crippen molar-refractivity contribution < 1.29 is 14.3 Å². The third-order valence-corrected chi connectivity index (χ3v) is 5.82. The smallest absolute Gasteiger partial charge is 0.255 e. The first-order valence-corrected chi connectivity index (χ1v) is 10.5. The minimum atomic E-state index is -0.130. The number of pyridine rings is 1. The quantitative estimate of drug-likeness (QED) is 0.806. The maximum atomic E-state index is 13.2. The van der Waals surface area contributed by atoms with Crippen molar-refractivity contribution in [1.82, 2.24) is 15.2 Å². The van der Waals surface area contributed by atoms with Gasteiger partial charge in [0.05, 0.1) is 18.2 Å². The number of likely N-dealkylation sites (tertiary alicyclic amines) is 1. The van der Waals surface area contributed by atoms with Gasteiger partial charge in [-0.2, -0.15) is 0 Å². The summed E-state index contributed by atoms with van der Waals surface area (Å²) < 4.78 is 5.85. The lowest BCUT2D eigenvalue weighted by Crippen LogP contribution is -2.57. The molecule has 1 aromatic carbocycles. The van der Waals surface area contributed by atoms with Crippen LogP contribution < -0.4 is 10.1 Å². The highest BCUT2D eigenvalue weighted by Gasteiger charge is 2.35. The second-order valence-corrected chi connectivity index (χ2v) is 7.72. The van der Waals surface area contributed by atoms with Crippen LogP contribution in [-0.2, 0) is 0 Å². The second kappa shape index (κ2) is 9.07. The standard InChI is InChI=1S/C23H27N3O3/c27-22-18-7-3-4-10-21(18)29-16-5-1-2-9-20-19(25-22)8-6-15-26(20)23(28)17-11-13-24-14-12-17/h3-4,7,10-14,19-20H,1-2,5-6,8-9,15-16H2,(H,25,27)/t19-,20-/m0/s1. The van der Waals surface area contributed by atoms with Crippen molar-refractivity contribution in [1.29, 1.82) is 0 Å². The molecule has 1 N–H and O–H groups in total. The molecule has 2 aliphatic rings. The molecule has 1 aromatic heterocycles. The van der Waals surface area contributed by atoms with Crippen molar-refractivity contribution in [3.05, 3.63) is 59.9 Å². The molecule has 0 saturated carbocycles. The van der Waals surface area contributed by atoms with E-state index in [1.807, 2.05) is 23.1 Å². The molecule has 0 unspecified atom stereocenters. The molecule has 6 nitrogen and oxygen atoms in total. The van der Waals surface area contributed by atoms with E-state index in [-0.39, 0.29) is 23.9 Å². The number of benzene rings is 1. The number of fused-ring (bicyclic) bond motifs is 2. The molecule has 0 radical (unpaired) electrons. The van der Waals surface area contributed by atoms with E-state index in [1.165, 1.54) is 0 Å². The zero-order chi connectivity index (χ0) is 20.1. The zero-order valence-corrected chi connectivity index (χ0v) is 16.5. The summed E-state index contributed by atoms with van der Waals surface area (Å²) in [4.78, 5) is 32.2. The molecular formula is C23H27N3O3. The number of nitrogens with one attached hydrogen (secondary N) is 1. The number of hydrogen-bond acceptors (Lipinski definition) is 4. The molecule has 1 saturated heterocycles. The number of amides is 2. The van der Waals surface area contributed by atoms with Crippen LogP contribution in [0.3, 0.4) is 0 Å². The van der Waals surface area contributed by atoms with Crippen LogP contribution in [-0.4, -0.2) is 46.9 Å². The Kier molecular flexibility index (Phi) is 6.08. The van der Waals surface area contributed by atoms with Gasteiger partial charge in [0.15, 0.2) is 0 Å². The Morgan fingerprint density at radius 3 is 2.72 bits per heavy atom. The summed E-state index contributed by atoms with van der Waals surface area (Å²) in [5.74, 6) is 0.518. The normalized spacial score (nSPS) is 22.8. The number of ether oxygens (including phenoxy) is 1. The molecule has 2 aromatic rings. The Balaban J connectivity index is 1.60. The molecule has 0 aliphatic carbocycles. The Morgan fingerprint density at radius 2 is 1.86 bits per heavy atom. The highest BCUT2D eigenvalue weighted by Crippen LogP contribution is 2.27. The number of carbonyl (C=O) groups excluding carboxylic acids is 2. The van der Waals surface area contributed by atoms with Gasteiger partial charge in [-0.1, -0.05) is 18.6 Å². The largest absolute Gasteiger partial charge is 0.493 e. The van der Waals surface area contributed by atoms with Crippen molar-refractivity contribution in [3.63, 3.8) is 0 Å². The Labute approximate surface area is 171 Å². The summed E-state index contributed by atoms with van der Waals surface area (Å²) >= 11 is 0. The SMILES string of the molecule is O=C1N[C@H]2CCCN(C(=O)c3ccncc3)[C@H]2CCCCCOc2ccccc21. The predicted octanol–water partition coefficient (Wildman–Crippen LogP) is 3.44. The van der Waals surface area contributed by atoms with E-state index in [0.29, 0.717) is 23.5 Å². The molecule has 2 atom stereocenters. The van der Waals surface area contributed by atoms with Gasteiger partial charge in [0.2, 0.25) is 0 Å². The average molecular weight is 393 g/mol. The third kappa shape index (κ3) is 4.42. The van der Waals surface area contributed by atoms with E-state index in [2.05, 4.69) is 10.3 Å². The molecular weight excluding hydrogens is 366 g/mol. The maximum Gasteiger partial charge on any atom is 0.255 e. The van der Waals surface area contributed by atoms with E-state index in [9.17, 15) is 9.59 Å². The van der Waals surface area contributed by atoms with Crippen molar-refractivity contribution >= 4 is 11.8 Å². The van der Waals surface area contributed by atoms with Crippen LogP contribution in [0.2, 0.25) is 0 Å². The summed E-state index contributed by atoms with van der Waals surface area (Å²) in [6.07, 6.45) is 8.90. The van der Waals surface area contributed by atoms with E-state index in [4.69, 9.17) is 4.74 Å². The molecule has 29 heavy (non-hydrogen) atoms. The van der Waals surface area contributed by atoms with Gasteiger partial charge in [-0.15, -0.1) is 0 Å². The highest BCUT2D eigenvalue weighted by atomic mass is 16.5. The van der Waals surface area contributed by atoms with E-state index < -0.39 is 0 Å². The number of aromatic nitrogens is 1. The lowest BCUT2D eigenvalue weighted by Gasteiger charge is -2.42. The first-order valence-electron chi connectivity index (χ1n) is 10.5. The fourth-order valence-corrected chi connectivity index (χ4v) is 4.34. The van der Waals surface area contributed by atoms with Gasteiger partial charge in [-0.3, -0.25) is 14.6 Å². The first-order chi connectivity index (χ1) is 14.2. The molecule has 6 heteroatoms. The van der Waals surface area contributed by atoms with E-state index >= 15 is 0 Å². The molecule has 4 rings (SSSR count). The molecule has 152 valence electrons. The molecule has 2 amide bonds. The topological polar surface area (TPSA) is 71.5 Å². The lowest BCUT2D eigenvalue weighted by atomic mass is 9.90. The fraction of sp³-hybridized carbons (Fsp3) is 0.435. The van der Waals surface area contributed by atoms with E-state index in [0.717, 1.165) is 45.1 Å². The van der Waals surface area contributed by atoms with Crippen LogP contribution in [0.15, 0.2) is 48.8 Å². The number of rotatable bonds is 1. The van der Waals surface area contributed by atoms with Crippen molar-refractivity contribution in [2.75, 3.05) is 13.2 Å². The second-order valence-electron chi connectivity index (χ2n) is 7.72. The van der Waals surface area contributed by atoms with Gasteiger partial charge in [0.25, 0.3) is 11.8 Å². The monoisotopic (exact) mass is 393 g/mol. The maximum absolute atomic E-state index is 13.2. The summed E-state index contributed by atoms with van der Waals surface area (Å²) in [6, 6.07) is 10.8. The van der Waals surface area contributed by atoms with Gasteiger partial charge in [-0.05, 0) is 56.4 Å². The number of para-hydroxylation sites is 1. The highest BCUT2D eigenvalue weighted by molar-refractivity contribution is 5.97. The minimum Gasteiger partial charge on any atom is -0.493 e. The Bertz CT molecular complexity index is 855.